The molecule has 1 aromatic carbocycles. The van der Waals surface area contributed by atoms with Gasteiger partial charge in [0.2, 0.25) is 0 Å². The number of hydrogen-bond donors (Lipinski definition) is 1. The first kappa shape index (κ1) is 17.7. The average molecular weight is 348 g/mol. The molecule has 1 aromatic rings. The molecule has 1 aliphatic carbocycles. The number of carbonyl (C=O) groups excluding carboxylic acids is 2. The van der Waals surface area contributed by atoms with Crippen LogP contribution >= 0.6 is 0 Å². The molecule has 1 saturated carbocycles. The second kappa shape index (κ2) is 7.42. The predicted molar refractivity (Wildman–Crippen MR) is 91.3 cm³/mol. The van der Waals surface area contributed by atoms with Gasteiger partial charge in [-0.05, 0) is 48.8 Å². The molecule has 5 nitrogen and oxygen atoms in total. The first-order valence-corrected chi connectivity index (χ1v) is 8.88. The van der Waals surface area contributed by atoms with Crippen LogP contribution in [-0.2, 0) is 9.53 Å². The van der Waals surface area contributed by atoms with Gasteiger partial charge in [-0.1, -0.05) is 19.1 Å². The van der Waals surface area contributed by atoms with Gasteiger partial charge in [-0.3, -0.25) is 4.79 Å². The number of nitrogens with one attached hydrogen (secondary N) is 1. The SMILES string of the molecule is COC(=O)[C@@H]1CCN(C(=O)N[C@@H](c2ccc(F)cc2)C2CC2)C[C@@H]1C. The first-order valence-electron chi connectivity index (χ1n) is 8.88. The molecule has 0 spiro atoms. The lowest BCUT2D eigenvalue weighted by atomic mass is 9.87. The highest BCUT2D eigenvalue weighted by atomic mass is 19.1. The van der Waals surface area contributed by atoms with E-state index in [-0.39, 0.29) is 35.7 Å². The van der Waals surface area contributed by atoms with Gasteiger partial charge in [0.15, 0.2) is 0 Å². The number of urea groups is 1. The molecule has 2 fully saturated rings. The van der Waals surface area contributed by atoms with E-state index in [4.69, 9.17) is 4.74 Å². The second-order valence-electron chi connectivity index (χ2n) is 7.16. The van der Waals surface area contributed by atoms with E-state index in [1.165, 1.54) is 19.2 Å². The summed E-state index contributed by atoms with van der Waals surface area (Å²) in [5, 5.41) is 3.11. The second-order valence-corrected chi connectivity index (χ2v) is 7.16. The predicted octanol–water partition coefficient (Wildman–Crippen LogP) is 3.12. The van der Waals surface area contributed by atoms with E-state index < -0.39 is 0 Å². The van der Waals surface area contributed by atoms with Crippen LogP contribution < -0.4 is 5.32 Å². The average Bonchev–Trinajstić information content (AvgIpc) is 3.44. The van der Waals surface area contributed by atoms with Gasteiger partial charge >= 0.3 is 12.0 Å². The van der Waals surface area contributed by atoms with Crippen molar-refractivity contribution in [3.05, 3.63) is 35.6 Å². The number of carbonyl (C=O) groups is 2. The zero-order valence-electron chi connectivity index (χ0n) is 14.7. The Balaban J connectivity index is 1.63. The summed E-state index contributed by atoms with van der Waals surface area (Å²) in [5.41, 5.74) is 0.940. The number of methoxy groups -OCH3 is 1. The molecule has 2 amide bonds. The molecule has 0 unspecified atom stereocenters. The highest BCUT2D eigenvalue weighted by Crippen LogP contribution is 2.41. The maximum Gasteiger partial charge on any atom is 0.317 e. The maximum atomic E-state index is 13.2. The van der Waals surface area contributed by atoms with Crippen molar-refractivity contribution in [1.82, 2.24) is 10.2 Å². The highest BCUT2D eigenvalue weighted by molar-refractivity contribution is 5.76. The van der Waals surface area contributed by atoms with Crippen LogP contribution in [-0.4, -0.2) is 37.1 Å². The van der Waals surface area contributed by atoms with Crippen LogP contribution in [0.2, 0.25) is 0 Å². The molecule has 1 N–H and O–H groups in total. The van der Waals surface area contributed by atoms with E-state index in [1.807, 2.05) is 6.92 Å². The molecule has 0 bridgehead atoms. The Morgan fingerprint density at radius 1 is 1.24 bits per heavy atom. The normalized spacial score (nSPS) is 24.5. The van der Waals surface area contributed by atoms with Crippen molar-refractivity contribution in [2.75, 3.05) is 20.2 Å². The van der Waals surface area contributed by atoms with E-state index in [9.17, 15) is 14.0 Å². The Kier molecular flexibility index (Phi) is 5.25. The van der Waals surface area contributed by atoms with Crippen molar-refractivity contribution in [3.8, 4) is 0 Å². The topological polar surface area (TPSA) is 58.6 Å². The Morgan fingerprint density at radius 3 is 2.48 bits per heavy atom. The molecule has 2 aliphatic rings. The minimum absolute atomic E-state index is 0.0668. The Labute approximate surface area is 147 Å². The van der Waals surface area contributed by atoms with E-state index in [0.717, 1.165) is 18.4 Å². The van der Waals surface area contributed by atoms with Crippen molar-refractivity contribution in [2.24, 2.45) is 17.8 Å². The molecule has 3 atom stereocenters. The summed E-state index contributed by atoms with van der Waals surface area (Å²) in [7, 11) is 1.40. The van der Waals surface area contributed by atoms with Gasteiger partial charge in [0.25, 0.3) is 0 Å². The van der Waals surface area contributed by atoms with E-state index in [2.05, 4.69) is 5.32 Å². The van der Waals surface area contributed by atoms with Crippen LogP contribution in [0.4, 0.5) is 9.18 Å². The van der Waals surface area contributed by atoms with Gasteiger partial charge in [0.1, 0.15) is 5.82 Å². The highest BCUT2D eigenvalue weighted by Gasteiger charge is 2.37. The minimum Gasteiger partial charge on any atom is -0.469 e. The summed E-state index contributed by atoms with van der Waals surface area (Å²) < 4.78 is 18.0. The summed E-state index contributed by atoms with van der Waals surface area (Å²) in [4.78, 5) is 26.2. The summed E-state index contributed by atoms with van der Waals surface area (Å²) in [6.07, 6.45) is 2.76. The third-order valence-corrected chi connectivity index (χ3v) is 5.30. The quantitative estimate of drug-likeness (QED) is 0.851. The van der Waals surface area contributed by atoms with Crippen LogP contribution in [0.1, 0.15) is 37.8 Å². The van der Waals surface area contributed by atoms with Gasteiger partial charge < -0.3 is 15.0 Å². The summed E-state index contributed by atoms with van der Waals surface area (Å²) >= 11 is 0. The Hall–Kier alpha value is -2.11. The number of esters is 1. The Morgan fingerprint density at radius 2 is 1.92 bits per heavy atom. The minimum atomic E-state index is -0.275. The molecular weight excluding hydrogens is 323 g/mol. The van der Waals surface area contributed by atoms with E-state index in [0.29, 0.717) is 25.4 Å². The smallest absolute Gasteiger partial charge is 0.317 e. The number of likely N-dealkylation sites (tertiary alicyclic amines) is 1. The van der Waals surface area contributed by atoms with Crippen LogP contribution in [0.5, 0.6) is 0 Å². The zero-order chi connectivity index (χ0) is 18.0. The molecule has 1 saturated heterocycles. The number of amides is 2. The Bertz CT molecular complexity index is 630. The fraction of sp³-hybridized carbons (Fsp3) is 0.579. The van der Waals surface area contributed by atoms with Crippen molar-refractivity contribution in [2.45, 2.75) is 32.2 Å². The maximum absolute atomic E-state index is 13.2. The fourth-order valence-electron chi connectivity index (χ4n) is 3.63. The number of nitrogens with zero attached hydrogens (tertiary/aromatic N) is 1. The van der Waals surface area contributed by atoms with E-state index in [1.54, 1.807) is 17.0 Å². The third kappa shape index (κ3) is 4.11. The summed E-state index contributed by atoms with van der Waals surface area (Å²) in [6.45, 7) is 3.04. The summed E-state index contributed by atoms with van der Waals surface area (Å²) in [5.74, 6) is -0.139. The van der Waals surface area contributed by atoms with E-state index >= 15 is 0 Å². The molecule has 3 rings (SSSR count). The molecule has 25 heavy (non-hydrogen) atoms. The zero-order valence-corrected chi connectivity index (χ0v) is 14.7. The molecule has 1 aliphatic heterocycles. The molecule has 6 heteroatoms. The van der Waals surface area contributed by atoms with Gasteiger partial charge in [0, 0.05) is 13.1 Å². The number of halogens is 1. The van der Waals surface area contributed by atoms with Crippen LogP contribution in [0.25, 0.3) is 0 Å². The lowest BCUT2D eigenvalue weighted by Gasteiger charge is -2.36. The number of hydrogen-bond acceptors (Lipinski definition) is 3. The fourth-order valence-corrected chi connectivity index (χ4v) is 3.63. The van der Waals surface area contributed by atoms with Crippen LogP contribution in [0.3, 0.4) is 0 Å². The van der Waals surface area contributed by atoms with Crippen molar-refractivity contribution >= 4 is 12.0 Å². The third-order valence-electron chi connectivity index (χ3n) is 5.30. The van der Waals surface area contributed by atoms with Crippen LogP contribution in [0, 0.1) is 23.6 Å². The largest absolute Gasteiger partial charge is 0.469 e. The van der Waals surface area contributed by atoms with Gasteiger partial charge in [-0.15, -0.1) is 0 Å². The molecular formula is C19H25FN2O3. The lowest BCUT2D eigenvalue weighted by Crippen LogP contribution is -2.49. The summed E-state index contributed by atoms with van der Waals surface area (Å²) in [6, 6.07) is 6.15. The van der Waals surface area contributed by atoms with Gasteiger partial charge in [0.05, 0.1) is 19.1 Å². The molecule has 0 aromatic heterocycles. The van der Waals surface area contributed by atoms with Crippen molar-refractivity contribution < 1.29 is 18.7 Å². The number of benzene rings is 1. The van der Waals surface area contributed by atoms with Crippen molar-refractivity contribution in [3.63, 3.8) is 0 Å². The molecule has 0 radical (unpaired) electrons. The standard InChI is InChI=1S/C19H25FN2O3/c1-12-11-22(10-9-16(12)18(23)25-2)19(24)21-17(13-3-4-13)14-5-7-15(20)8-6-14/h5-8,12-13,16-17H,3-4,9-11H2,1-2H3,(H,21,24)/t12-,16+,17+/m0/s1. The number of ether oxygens (including phenoxy) is 1. The van der Waals surface area contributed by atoms with Gasteiger partial charge in [-0.2, -0.15) is 0 Å². The van der Waals surface area contributed by atoms with Gasteiger partial charge in [-0.25, -0.2) is 9.18 Å². The van der Waals surface area contributed by atoms with Crippen LogP contribution in [0.15, 0.2) is 24.3 Å². The number of piperidine rings is 1. The monoisotopic (exact) mass is 348 g/mol. The lowest BCUT2D eigenvalue weighted by molar-refractivity contribution is -0.148. The molecule has 136 valence electrons. The first-order chi connectivity index (χ1) is 12.0. The molecule has 1 heterocycles. The number of rotatable bonds is 4. The van der Waals surface area contributed by atoms with Crippen molar-refractivity contribution in [1.29, 1.82) is 0 Å².